The van der Waals surface area contributed by atoms with Gasteiger partial charge in [-0.1, -0.05) is 13.8 Å². The van der Waals surface area contributed by atoms with Crippen molar-refractivity contribution in [3.8, 4) is 0 Å². The van der Waals surface area contributed by atoms with Gasteiger partial charge in [-0.15, -0.1) is 0 Å². The highest BCUT2D eigenvalue weighted by molar-refractivity contribution is 6.28. The first kappa shape index (κ1) is 15.6. The number of nitrogens with zero attached hydrogens (tertiary/aromatic N) is 4. The van der Waals surface area contributed by atoms with E-state index in [1.807, 2.05) is 6.92 Å². The van der Waals surface area contributed by atoms with Crippen molar-refractivity contribution in [3.05, 3.63) is 21.6 Å². The molecule has 8 heteroatoms. The second-order valence-electron chi connectivity index (χ2n) is 4.16. The van der Waals surface area contributed by atoms with Gasteiger partial charge in [-0.25, -0.2) is 4.98 Å². The molecule has 0 amide bonds. The molecule has 1 N–H and O–H groups in total. The zero-order chi connectivity index (χ0) is 14.4. The van der Waals surface area contributed by atoms with Crippen LogP contribution in [-0.4, -0.2) is 45.5 Å². The largest absolute Gasteiger partial charge is 0.360 e. The first-order valence-corrected chi connectivity index (χ1v) is 6.51. The van der Waals surface area contributed by atoms with Crippen LogP contribution in [0.2, 0.25) is 5.28 Å². The zero-order valence-corrected chi connectivity index (χ0v) is 12.0. The minimum Gasteiger partial charge on any atom is -0.360 e. The molecule has 1 rings (SSSR count). The number of rotatable bonds is 7. The van der Waals surface area contributed by atoms with Gasteiger partial charge >= 0.3 is 5.69 Å². The van der Waals surface area contributed by atoms with Crippen LogP contribution >= 0.6 is 11.6 Å². The number of aromatic nitrogens is 2. The van der Waals surface area contributed by atoms with Gasteiger partial charge in [0.05, 0.1) is 4.92 Å². The Balaban J connectivity index is 2.80. The number of hydrogen-bond acceptors (Lipinski definition) is 6. The van der Waals surface area contributed by atoms with Crippen molar-refractivity contribution in [2.45, 2.75) is 26.8 Å². The Morgan fingerprint density at radius 3 is 2.68 bits per heavy atom. The van der Waals surface area contributed by atoms with Crippen LogP contribution in [0.1, 0.15) is 20.8 Å². The van der Waals surface area contributed by atoms with E-state index in [0.717, 1.165) is 25.8 Å². The lowest BCUT2D eigenvalue weighted by Crippen LogP contribution is -2.35. The minimum atomic E-state index is -0.525. The number of anilines is 1. The van der Waals surface area contributed by atoms with Crippen molar-refractivity contribution in [2.75, 3.05) is 25.0 Å². The molecule has 0 radical (unpaired) electrons. The molecule has 0 aromatic carbocycles. The van der Waals surface area contributed by atoms with Gasteiger partial charge in [-0.05, 0) is 31.6 Å². The molecule has 7 nitrogen and oxygen atoms in total. The van der Waals surface area contributed by atoms with Gasteiger partial charge in [0, 0.05) is 12.6 Å². The molecule has 0 spiro atoms. The summed E-state index contributed by atoms with van der Waals surface area (Å²) in [5.74, 6) is 0.157. The first-order chi connectivity index (χ1) is 8.97. The Morgan fingerprint density at radius 2 is 2.16 bits per heavy atom. The molecule has 19 heavy (non-hydrogen) atoms. The fourth-order valence-corrected chi connectivity index (χ4v) is 1.88. The fraction of sp³-hybridized carbons (Fsp3) is 0.636. The summed E-state index contributed by atoms with van der Waals surface area (Å²) in [6.45, 7) is 8.70. The van der Waals surface area contributed by atoms with E-state index in [0.29, 0.717) is 0 Å². The second-order valence-corrected chi connectivity index (χ2v) is 4.50. The lowest BCUT2D eigenvalue weighted by Gasteiger charge is -2.23. The number of hydrogen-bond donors (Lipinski definition) is 1. The summed E-state index contributed by atoms with van der Waals surface area (Å²) >= 11 is 5.67. The molecule has 0 saturated carbocycles. The van der Waals surface area contributed by atoms with Crippen molar-refractivity contribution in [1.82, 2.24) is 14.9 Å². The van der Waals surface area contributed by atoms with Gasteiger partial charge in [-0.2, -0.15) is 4.98 Å². The molecule has 1 aromatic heterocycles. The lowest BCUT2D eigenvalue weighted by atomic mass is 10.3. The Labute approximate surface area is 117 Å². The lowest BCUT2D eigenvalue weighted by molar-refractivity contribution is -0.384. The summed E-state index contributed by atoms with van der Waals surface area (Å²) < 4.78 is 0. The maximum Gasteiger partial charge on any atom is 0.329 e. The normalized spacial score (nSPS) is 12.5. The highest BCUT2D eigenvalue weighted by Crippen LogP contribution is 2.22. The van der Waals surface area contributed by atoms with Crippen LogP contribution in [0.25, 0.3) is 0 Å². The average Bonchev–Trinajstić information content (AvgIpc) is 2.35. The van der Waals surface area contributed by atoms with Crippen LogP contribution in [0.3, 0.4) is 0 Å². The summed E-state index contributed by atoms with van der Waals surface area (Å²) in [5.41, 5.74) is -0.171. The predicted molar refractivity (Wildman–Crippen MR) is 74.6 cm³/mol. The third-order valence-electron chi connectivity index (χ3n) is 2.75. The molecule has 1 unspecified atom stereocenters. The molecule has 0 bridgehead atoms. The van der Waals surface area contributed by atoms with E-state index < -0.39 is 4.92 Å². The van der Waals surface area contributed by atoms with E-state index in [4.69, 9.17) is 11.6 Å². The van der Waals surface area contributed by atoms with Crippen molar-refractivity contribution >= 4 is 23.1 Å². The Hall–Kier alpha value is -1.47. The van der Waals surface area contributed by atoms with Crippen molar-refractivity contribution in [2.24, 2.45) is 0 Å². The monoisotopic (exact) mass is 287 g/mol. The topological polar surface area (TPSA) is 84.2 Å². The van der Waals surface area contributed by atoms with Crippen molar-refractivity contribution in [3.63, 3.8) is 0 Å². The number of halogens is 1. The van der Waals surface area contributed by atoms with Crippen LogP contribution in [0.5, 0.6) is 0 Å². The van der Waals surface area contributed by atoms with Gasteiger partial charge in [0.1, 0.15) is 6.20 Å². The maximum absolute atomic E-state index is 10.9. The molecular weight excluding hydrogens is 270 g/mol. The Kier molecular flexibility index (Phi) is 5.91. The van der Waals surface area contributed by atoms with Gasteiger partial charge in [-0.3, -0.25) is 10.1 Å². The highest BCUT2D eigenvalue weighted by Gasteiger charge is 2.19. The molecular formula is C11H18ClN5O2. The summed E-state index contributed by atoms with van der Waals surface area (Å²) in [5, 5.41) is 13.9. The molecule has 106 valence electrons. The molecule has 0 fully saturated rings. The predicted octanol–water partition coefficient (Wildman–Crippen LogP) is 2.18. The van der Waals surface area contributed by atoms with Gasteiger partial charge in [0.25, 0.3) is 0 Å². The van der Waals surface area contributed by atoms with E-state index in [-0.39, 0.29) is 22.8 Å². The summed E-state index contributed by atoms with van der Waals surface area (Å²) in [4.78, 5) is 20.1. The van der Waals surface area contributed by atoms with Gasteiger partial charge in [0.2, 0.25) is 11.1 Å². The Morgan fingerprint density at radius 1 is 1.53 bits per heavy atom. The van der Waals surface area contributed by atoms with Gasteiger partial charge in [0.15, 0.2) is 0 Å². The second kappa shape index (κ2) is 7.20. The van der Waals surface area contributed by atoms with Crippen LogP contribution in [0.15, 0.2) is 6.20 Å². The number of nitrogens with one attached hydrogen (secondary N) is 1. The fourth-order valence-electron chi connectivity index (χ4n) is 1.74. The minimum absolute atomic E-state index is 0.0110. The Bertz CT molecular complexity index is 439. The average molecular weight is 288 g/mol. The summed E-state index contributed by atoms with van der Waals surface area (Å²) in [6.07, 6.45) is 1.11. The molecule has 1 heterocycles. The van der Waals surface area contributed by atoms with Crippen LogP contribution in [0.4, 0.5) is 11.5 Å². The van der Waals surface area contributed by atoms with E-state index in [1.54, 1.807) is 0 Å². The van der Waals surface area contributed by atoms with E-state index in [2.05, 4.69) is 34.0 Å². The van der Waals surface area contributed by atoms with Crippen LogP contribution in [-0.2, 0) is 0 Å². The number of likely N-dealkylation sites (N-methyl/N-ethyl adjacent to an activating group) is 1. The number of nitro groups is 1. The van der Waals surface area contributed by atoms with E-state index in [1.165, 1.54) is 0 Å². The molecule has 0 aliphatic heterocycles. The first-order valence-electron chi connectivity index (χ1n) is 6.13. The quantitative estimate of drug-likeness (QED) is 0.470. The van der Waals surface area contributed by atoms with Crippen molar-refractivity contribution in [1.29, 1.82) is 0 Å². The molecule has 1 atom stereocenters. The molecule has 0 aliphatic rings. The van der Waals surface area contributed by atoms with Crippen LogP contribution < -0.4 is 5.32 Å². The van der Waals surface area contributed by atoms with E-state index in [9.17, 15) is 10.1 Å². The molecule has 0 saturated heterocycles. The highest BCUT2D eigenvalue weighted by atomic mass is 35.5. The standard InChI is InChI=1S/C11H18ClN5O2/c1-4-16(5-2)7-8(3)14-10-9(17(18)19)6-13-11(12)15-10/h6,8H,4-5,7H2,1-3H3,(H,13,14,15). The van der Waals surface area contributed by atoms with Crippen LogP contribution in [0, 0.1) is 10.1 Å². The smallest absolute Gasteiger partial charge is 0.329 e. The third-order valence-corrected chi connectivity index (χ3v) is 2.93. The third kappa shape index (κ3) is 4.60. The zero-order valence-electron chi connectivity index (χ0n) is 11.3. The molecule has 0 aliphatic carbocycles. The van der Waals surface area contributed by atoms with E-state index >= 15 is 0 Å². The van der Waals surface area contributed by atoms with Crippen molar-refractivity contribution < 1.29 is 4.92 Å². The summed E-state index contributed by atoms with van der Waals surface area (Å²) in [6, 6.07) is 0.0181. The summed E-state index contributed by atoms with van der Waals surface area (Å²) in [7, 11) is 0. The maximum atomic E-state index is 10.9. The van der Waals surface area contributed by atoms with Gasteiger partial charge < -0.3 is 10.2 Å². The molecule has 1 aromatic rings. The SMILES string of the molecule is CCN(CC)CC(C)Nc1nc(Cl)ncc1[N+](=O)[O-].